The summed E-state index contributed by atoms with van der Waals surface area (Å²) in [5.74, 6) is 1.23. The maximum absolute atomic E-state index is 6.30. The fourth-order valence-corrected chi connectivity index (χ4v) is 5.06. The van der Waals surface area contributed by atoms with E-state index in [-0.39, 0.29) is 17.5 Å². The van der Waals surface area contributed by atoms with Crippen molar-refractivity contribution in [2.24, 2.45) is 17.1 Å². The smallest absolute Gasteiger partial charge is 0.0946 e. The lowest BCUT2D eigenvalue weighted by atomic mass is 9.88. The third kappa shape index (κ3) is 17.0. The molecule has 5 nitrogen and oxygen atoms in total. The summed E-state index contributed by atoms with van der Waals surface area (Å²) in [5.41, 5.74) is 10.1. The van der Waals surface area contributed by atoms with Crippen LogP contribution >= 0.6 is 0 Å². The highest BCUT2D eigenvalue weighted by atomic mass is 15.2. The van der Waals surface area contributed by atoms with Crippen molar-refractivity contribution in [3.8, 4) is 0 Å². The lowest BCUT2D eigenvalue weighted by Crippen LogP contribution is -2.41. The molecule has 5 heteroatoms. The molecule has 0 aliphatic rings. The zero-order valence-electron chi connectivity index (χ0n) is 30.0. The number of allylic oxidation sites excluding steroid dienone is 1. The molecule has 0 amide bonds. The highest BCUT2D eigenvalue weighted by Crippen LogP contribution is 2.26. The molecule has 0 aliphatic carbocycles. The van der Waals surface area contributed by atoms with E-state index in [1.807, 2.05) is 27.0 Å². The first kappa shape index (κ1) is 41.6. The van der Waals surface area contributed by atoms with E-state index in [1.54, 1.807) is 6.20 Å². The van der Waals surface area contributed by atoms with Gasteiger partial charge in [-0.25, -0.2) is 0 Å². The van der Waals surface area contributed by atoms with Gasteiger partial charge in [0.1, 0.15) is 0 Å². The molecular weight excluding hydrogens is 550 g/mol. The van der Waals surface area contributed by atoms with Gasteiger partial charge in [0.15, 0.2) is 0 Å². The van der Waals surface area contributed by atoms with E-state index in [9.17, 15) is 0 Å². The SMILES string of the molecule is C=CC(NC(=C)CCC(C)(C)C)C(CN)CCC(CCC)N(C)C(=C)NC(c1ccccc1)c1ccccc1.C=CNC.CC. The fourth-order valence-electron chi connectivity index (χ4n) is 5.06. The van der Waals surface area contributed by atoms with Crippen LogP contribution in [0.4, 0.5) is 0 Å². The van der Waals surface area contributed by atoms with Crippen LogP contribution in [-0.2, 0) is 0 Å². The quantitative estimate of drug-likeness (QED) is 0.118. The van der Waals surface area contributed by atoms with Crippen LogP contribution in [0.25, 0.3) is 0 Å². The van der Waals surface area contributed by atoms with Crippen LogP contribution in [0, 0.1) is 11.3 Å². The molecular formula is C40H67N5. The standard InChI is InChI=1S/C35H54N4.C3H7N.C2H6/c1-9-17-32(23-22-31(26-36)33(10-2)37-27(3)24-25-35(5,6)7)39(8)28(4)38-34(29-18-13-11-14-19-29)30-20-15-12-16-21-30;1-3-4-2;1-2/h10-16,18-21,31-34,37-38H,2-4,9,17,22-26,36H2,1,5-8H3;3-4H,1H2,2H3;1-2H3. The Bertz CT molecular complexity index is 1020. The molecule has 3 unspecified atom stereocenters. The molecule has 2 aromatic rings. The van der Waals surface area contributed by atoms with Gasteiger partial charge in [-0.1, -0.05) is 134 Å². The van der Waals surface area contributed by atoms with Crippen LogP contribution in [0.3, 0.4) is 0 Å². The number of nitrogens with zero attached hydrogens (tertiary/aromatic N) is 1. The Labute approximate surface area is 278 Å². The van der Waals surface area contributed by atoms with E-state index in [0.717, 1.165) is 50.0 Å². The number of hydrogen-bond donors (Lipinski definition) is 4. The third-order valence-corrected chi connectivity index (χ3v) is 7.86. The summed E-state index contributed by atoms with van der Waals surface area (Å²) in [6.45, 7) is 29.9. The first-order chi connectivity index (χ1) is 21.5. The first-order valence-electron chi connectivity index (χ1n) is 16.8. The zero-order chi connectivity index (χ0) is 34.3. The molecule has 5 N–H and O–H groups in total. The van der Waals surface area contributed by atoms with Crippen molar-refractivity contribution in [3.05, 3.63) is 122 Å². The van der Waals surface area contributed by atoms with Gasteiger partial charge >= 0.3 is 0 Å². The second kappa shape index (κ2) is 23.9. The molecule has 0 fully saturated rings. The van der Waals surface area contributed by atoms with Crippen molar-refractivity contribution >= 4 is 0 Å². The van der Waals surface area contributed by atoms with Crippen molar-refractivity contribution in [1.82, 2.24) is 20.9 Å². The summed E-state index contributed by atoms with van der Waals surface area (Å²) >= 11 is 0. The number of nitrogens with one attached hydrogen (secondary N) is 3. The van der Waals surface area contributed by atoms with Gasteiger partial charge < -0.3 is 26.6 Å². The predicted molar refractivity (Wildman–Crippen MR) is 201 cm³/mol. The molecule has 2 rings (SSSR count). The Morgan fingerprint density at radius 3 is 1.80 bits per heavy atom. The van der Waals surface area contributed by atoms with E-state index in [4.69, 9.17) is 5.73 Å². The van der Waals surface area contributed by atoms with Gasteiger partial charge in [0.05, 0.1) is 11.9 Å². The molecule has 2 aromatic carbocycles. The Balaban J connectivity index is 0.00000298. The van der Waals surface area contributed by atoms with Crippen molar-refractivity contribution in [1.29, 1.82) is 0 Å². The highest BCUT2D eigenvalue weighted by molar-refractivity contribution is 5.32. The number of nitrogens with two attached hydrogens (primary N) is 1. The Morgan fingerprint density at radius 1 is 0.889 bits per heavy atom. The molecule has 0 aromatic heterocycles. The molecule has 252 valence electrons. The van der Waals surface area contributed by atoms with Crippen LogP contribution in [0.2, 0.25) is 0 Å². The lowest BCUT2D eigenvalue weighted by Gasteiger charge is -2.36. The van der Waals surface area contributed by atoms with Gasteiger partial charge in [-0.05, 0) is 67.3 Å². The summed E-state index contributed by atoms with van der Waals surface area (Å²) in [7, 11) is 3.98. The van der Waals surface area contributed by atoms with Crippen molar-refractivity contribution < 1.29 is 0 Å². The molecule has 3 atom stereocenters. The molecule has 45 heavy (non-hydrogen) atoms. The molecule has 0 aliphatic heterocycles. The van der Waals surface area contributed by atoms with E-state index in [0.29, 0.717) is 18.5 Å². The zero-order valence-corrected chi connectivity index (χ0v) is 30.0. The maximum atomic E-state index is 6.30. The minimum Gasteiger partial charge on any atom is -0.394 e. The fraction of sp³-hybridized carbons (Fsp3) is 0.500. The van der Waals surface area contributed by atoms with Gasteiger partial charge in [-0.2, -0.15) is 0 Å². The summed E-state index contributed by atoms with van der Waals surface area (Å²) in [4.78, 5) is 2.33. The molecule has 0 spiro atoms. The highest BCUT2D eigenvalue weighted by Gasteiger charge is 2.24. The molecule has 0 bridgehead atoms. The van der Waals surface area contributed by atoms with Crippen molar-refractivity contribution in [2.45, 2.75) is 98.2 Å². The van der Waals surface area contributed by atoms with Crippen molar-refractivity contribution in [3.63, 3.8) is 0 Å². The third-order valence-electron chi connectivity index (χ3n) is 7.86. The van der Waals surface area contributed by atoms with Gasteiger partial charge in [0, 0.05) is 31.9 Å². The number of benzene rings is 2. The molecule has 0 heterocycles. The van der Waals surface area contributed by atoms with Gasteiger partial charge in [0.25, 0.3) is 0 Å². The van der Waals surface area contributed by atoms with E-state index in [1.165, 1.54) is 11.1 Å². The van der Waals surface area contributed by atoms with E-state index < -0.39 is 0 Å². The topological polar surface area (TPSA) is 65.3 Å². The summed E-state index contributed by atoms with van der Waals surface area (Å²) < 4.78 is 0. The number of hydrogen-bond acceptors (Lipinski definition) is 5. The van der Waals surface area contributed by atoms with Crippen LogP contribution < -0.4 is 21.7 Å². The normalized spacial score (nSPS) is 12.6. The second-order valence-electron chi connectivity index (χ2n) is 12.5. The van der Waals surface area contributed by atoms with Gasteiger partial charge in [-0.3, -0.25) is 0 Å². The summed E-state index contributed by atoms with van der Waals surface area (Å²) in [5, 5.41) is 10.1. The molecule has 0 saturated heterocycles. The van der Waals surface area contributed by atoms with Crippen molar-refractivity contribution in [2.75, 3.05) is 20.6 Å². The minimum absolute atomic E-state index is 0.0369. The average molecular weight is 618 g/mol. The van der Waals surface area contributed by atoms with E-state index in [2.05, 4.69) is 143 Å². The summed E-state index contributed by atoms with van der Waals surface area (Å²) in [6.07, 6.45) is 9.94. The Kier molecular flexibility index (Phi) is 22.1. The maximum Gasteiger partial charge on any atom is 0.0946 e. The average Bonchev–Trinajstić information content (AvgIpc) is 3.06. The minimum atomic E-state index is 0.0369. The summed E-state index contributed by atoms with van der Waals surface area (Å²) in [6, 6.07) is 21.7. The number of rotatable bonds is 19. The first-order valence-corrected chi connectivity index (χ1v) is 16.8. The molecule has 0 radical (unpaired) electrons. The van der Waals surface area contributed by atoms with E-state index >= 15 is 0 Å². The predicted octanol–water partition coefficient (Wildman–Crippen LogP) is 9.15. The van der Waals surface area contributed by atoms with Crippen LogP contribution in [-0.4, -0.2) is 37.6 Å². The van der Waals surface area contributed by atoms with Crippen LogP contribution in [0.1, 0.15) is 97.2 Å². The monoisotopic (exact) mass is 618 g/mol. The van der Waals surface area contributed by atoms with Gasteiger partial charge in [0.2, 0.25) is 0 Å². The second-order valence-corrected chi connectivity index (χ2v) is 12.5. The molecule has 0 saturated carbocycles. The van der Waals surface area contributed by atoms with Crippen LogP contribution in [0.15, 0.2) is 111 Å². The Morgan fingerprint density at radius 2 is 1.40 bits per heavy atom. The largest absolute Gasteiger partial charge is 0.394 e. The van der Waals surface area contributed by atoms with Gasteiger partial charge in [-0.15, -0.1) is 6.58 Å². The van der Waals surface area contributed by atoms with Crippen LogP contribution in [0.5, 0.6) is 0 Å². The Hall–Kier alpha value is -3.44. The lowest BCUT2D eigenvalue weighted by molar-refractivity contribution is 0.232.